The molecule has 2 heteroatoms. The van der Waals surface area contributed by atoms with E-state index < -0.39 is 5.41 Å². The van der Waals surface area contributed by atoms with E-state index in [1.54, 1.807) is 0 Å². The van der Waals surface area contributed by atoms with Gasteiger partial charge in [-0.15, -0.1) is 0 Å². The molecular weight excluding hydrogens is 208 g/mol. The number of benzene rings is 1. The maximum atomic E-state index is 9.55. The molecule has 0 spiro atoms. The second kappa shape index (κ2) is 6.06. The molecule has 1 aromatic carbocycles. The second-order valence-corrected chi connectivity index (χ2v) is 4.82. The molecular formula is C15H18N2. The van der Waals surface area contributed by atoms with Crippen molar-refractivity contribution in [3.8, 4) is 12.1 Å². The van der Waals surface area contributed by atoms with Crippen LogP contribution in [0.3, 0.4) is 0 Å². The summed E-state index contributed by atoms with van der Waals surface area (Å²) in [5.74, 6) is 0.438. The quantitative estimate of drug-likeness (QED) is 0.766. The highest BCUT2D eigenvalue weighted by molar-refractivity contribution is 5.32. The van der Waals surface area contributed by atoms with Crippen LogP contribution in [0.15, 0.2) is 30.3 Å². The molecule has 0 saturated carbocycles. The molecule has 0 aliphatic rings. The van der Waals surface area contributed by atoms with Crippen LogP contribution < -0.4 is 0 Å². The fraction of sp³-hybridized carbons (Fsp3) is 0.467. The minimum atomic E-state index is -0.509. The molecule has 0 fully saturated rings. The summed E-state index contributed by atoms with van der Waals surface area (Å²) in [6, 6.07) is 14.4. The van der Waals surface area contributed by atoms with E-state index in [9.17, 15) is 5.26 Å². The number of hydrogen-bond donors (Lipinski definition) is 0. The Balaban J connectivity index is 3.08. The van der Waals surface area contributed by atoms with Crippen molar-refractivity contribution in [1.29, 1.82) is 10.5 Å². The van der Waals surface area contributed by atoms with Gasteiger partial charge in [-0.3, -0.25) is 0 Å². The molecule has 2 nitrogen and oxygen atoms in total. The predicted molar refractivity (Wildman–Crippen MR) is 68.0 cm³/mol. The molecule has 1 unspecified atom stereocenters. The van der Waals surface area contributed by atoms with E-state index in [1.807, 2.05) is 30.3 Å². The van der Waals surface area contributed by atoms with E-state index in [4.69, 9.17) is 5.26 Å². The maximum Gasteiger partial charge on any atom is 0.0834 e. The molecule has 0 bridgehead atoms. The van der Waals surface area contributed by atoms with Crippen molar-refractivity contribution < 1.29 is 0 Å². The van der Waals surface area contributed by atoms with Crippen molar-refractivity contribution >= 4 is 0 Å². The fourth-order valence-corrected chi connectivity index (χ4v) is 2.25. The highest BCUT2D eigenvalue weighted by Gasteiger charge is 2.32. The topological polar surface area (TPSA) is 47.6 Å². The zero-order valence-corrected chi connectivity index (χ0v) is 10.5. The monoisotopic (exact) mass is 226 g/mol. The number of hydrogen-bond acceptors (Lipinski definition) is 2. The summed E-state index contributed by atoms with van der Waals surface area (Å²) in [5, 5.41) is 18.3. The largest absolute Gasteiger partial charge is 0.198 e. The first-order valence-corrected chi connectivity index (χ1v) is 5.98. The third-order valence-electron chi connectivity index (χ3n) is 2.96. The van der Waals surface area contributed by atoms with Gasteiger partial charge < -0.3 is 0 Å². The lowest BCUT2D eigenvalue weighted by Gasteiger charge is -2.28. The standard InChI is InChI=1S/C15H18N2/c1-13(2)11-15(12-17,9-6-10-16)14-7-4-3-5-8-14/h3-5,7-8,13H,6,9,11H2,1-2H3. The number of rotatable bonds is 5. The average Bonchev–Trinajstić information content (AvgIpc) is 2.35. The normalized spacial score (nSPS) is 13.7. The summed E-state index contributed by atoms with van der Waals surface area (Å²) in [6.07, 6.45) is 1.84. The zero-order valence-electron chi connectivity index (χ0n) is 10.5. The van der Waals surface area contributed by atoms with Crippen LogP contribution in [0.5, 0.6) is 0 Å². The van der Waals surface area contributed by atoms with Gasteiger partial charge in [-0.1, -0.05) is 44.2 Å². The average molecular weight is 226 g/mol. The molecule has 1 aromatic rings. The van der Waals surface area contributed by atoms with Crippen LogP contribution in [-0.4, -0.2) is 0 Å². The minimum Gasteiger partial charge on any atom is -0.198 e. The predicted octanol–water partition coefficient (Wildman–Crippen LogP) is 3.80. The van der Waals surface area contributed by atoms with Gasteiger partial charge in [0.05, 0.1) is 17.6 Å². The zero-order chi connectivity index (χ0) is 12.7. The molecule has 0 aromatic heterocycles. The molecule has 88 valence electrons. The van der Waals surface area contributed by atoms with Crippen LogP contribution in [0.25, 0.3) is 0 Å². The lowest BCUT2D eigenvalue weighted by Crippen LogP contribution is -2.26. The number of nitriles is 2. The summed E-state index contributed by atoms with van der Waals surface area (Å²) in [5.41, 5.74) is 0.525. The minimum absolute atomic E-state index is 0.426. The molecule has 0 amide bonds. The first-order valence-electron chi connectivity index (χ1n) is 5.98. The Labute approximate surface area is 104 Å². The Morgan fingerprint density at radius 1 is 1.18 bits per heavy atom. The molecule has 1 atom stereocenters. The van der Waals surface area contributed by atoms with Crippen LogP contribution in [0, 0.1) is 28.6 Å². The number of nitrogens with zero attached hydrogens (tertiary/aromatic N) is 2. The van der Waals surface area contributed by atoms with Gasteiger partial charge in [0.15, 0.2) is 0 Å². The van der Waals surface area contributed by atoms with E-state index >= 15 is 0 Å². The summed E-state index contributed by atoms with van der Waals surface area (Å²) in [6.45, 7) is 4.23. The van der Waals surface area contributed by atoms with Crippen molar-refractivity contribution in [2.24, 2.45) is 5.92 Å². The van der Waals surface area contributed by atoms with Crippen LogP contribution in [0.2, 0.25) is 0 Å². The molecule has 1 rings (SSSR count). The Kier molecular flexibility index (Phi) is 4.73. The fourth-order valence-electron chi connectivity index (χ4n) is 2.25. The first-order chi connectivity index (χ1) is 8.14. The molecule has 0 heterocycles. The molecule has 0 radical (unpaired) electrons. The SMILES string of the molecule is CC(C)CC(C#N)(CCC#N)c1ccccc1. The van der Waals surface area contributed by atoms with Gasteiger partial charge in [0.1, 0.15) is 0 Å². The Morgan fingerprint density at radius 3 is 2.29 bits per heavy atom. The van der Waals surface area contributed by atoms with Crippen LogP contribution >= 0.6 is 0 Å². The van der Waals surface area contributed by atoms with E-state index in [-0.39, 0.29) is 0 Å². The van der Waals surface area contributed by atoms with Gasteiger partial charge in [0.2, 0.25) is 0 Å². The lowest BCUT2D eigenvalue weighted by molar-refractivity contribution is 0.398. The molecule has 0 aliphatic heterocycles. The van der Waals surface area contributed by atoms with Crippen molar-refractivity contribution in [2.45, 2.75) is 38.5 Å². The Morgan fingerprint density at radius 2 is 1.82 bits per heavy atom. The van der Waals surface area contributed by atoms with Crippen molar-refractivity contribution in [3.63, 3.8) is 0 Å². The van der Waals surface area contributed by atoms with Crippen molar-refractivity contribution in [1.82, 2.24) is 0 Å². The van der Waals surface area contributed by atoms with Gasteiger partial charge in [0.25, 0.3) is 0 Å². The molecule has 0 aliphatic carbocycles. The smallest absolute Gasteiger partial charge is 0.0834 e. The van der Waals surface area contributed by atoms with Crippen LogP contribution in [0.4, 0.5) is 0 Å². The summed E-state index contributed by atoms with van der Waals surface area (Å²) in [7, 11) is 0. The lowest BCUT2D eigenvalue weighted by atomic mass is 9.72. The van der Waals surface area contributed by atoms with E-state index in [2.05, 4.69) is 26.0 Å². The summed E-state index contributed by atoms with van der Waals surface area (Å²) < 4.78 is 0. The second-order valence-electron chi connectivity index (χ2n) is 4.82. The van der Waals surface area contributed by atoms with E-state index in [0.29, 0.717) is 18.8 Å². The molecule has 0 N–H and O–H groups in total. The highest BCUT2D eigenvalue weighted by Crippen LogP contribution is 2.35. The Bertz CT molecular complexity index is 422. The van der Waals surface area contributed by atoms with Crippen LogP contribution in [-0.2, 0) is 5.41 Å². The van der Waals surface area contributed by atoms with Gasteiger partial charge >= 0.3 is 0 Å². The van der Waals surface area contributed by atoms with Crippen molar-refractivity contribution in [2.75, 3.05) is 0 Å². The Hall–Kier alpha value is -1.80. The highest BCUT2D eigenvalue weighted by atomic mass is 14.4. The third kappa shape index (κ3) is 3.33. The summed E-state index contributed by atoms with van der Waals surface area (Å²) in [4.78, 5) is 0. The van der Waals surface area contributed by atoms with Gasteiger partial charge in [0, 0.05) is 6.42 Å². The van der Waals surface area contributed by atoms with Crippen LogP contribution in [0.1, 0.15) is 38.7 Å². The van der Waals surface area contributed by atoms with E-state index in [0.717, 1.165) is 12.0 Å². The first kappa shape index (κ1) is 13.3. The maximum absolute atomic E-state index is 9.55. The van der Waals surface area contributed by atoms with Gasteiger partial charge in [-0.25, -0.2) is 0 Å². The van der Waals surface area contributed by atoms with Crippen molar-refractivity contribution in [3.05, 3.63) is 35.9 Å². The van der Waals surface area contributed by atoms with Gasteiger partial charge in [-0.05, 0) is 24.3 Å². The molecule has 0 saturated heterocycles. The molecule has 17 heavy (non-hydrogen) atoms. The van der Waals surface area contributed by atoms with E-state index in [1.165, 1.54) is 0 Å². The van der Waals surface area contributed by atoms with Gasteiger partial charge in [-0.2, -0.15) is 10.5 Å². The summed E-state index contributed by atoms with van der Waals surface area (Å²) >= 11 is 0. The third-order valence-corrected chi connectivity index (χ3v) is 2.96.